The fraction of sp³-hybridized carbons (Fsp3) is 0.562. The van der Waals surface area contributed by atoms with E-state index in [2.05, 4.69) is 22.5 Å². The quantitative estimate of drug-likeness (QED) is 0.376. The minimum absolute atomic E-state index is 0. The lowest BCUT2D eigenvalue weighted by Crippen LogP contribution is -2.38. The summed E-state index contributed by atoms with van der Waals surface area (Å²) in [6.45, 7) is 5.24. The number of aromatic hydroxyl groups is 1. The Balaban J connectivity index is 0.00000242. The topological polar surface area (TPSA) is 65.9 Å². The van der Waals surface area contributed by atoms with E-state index in [0.717, 1.165) is 50.5 Å². The summed E-state index contributed by atoms with van der Waals surface area (Å²) < 4.78 is 5.58. The van der Waals surface area contributed by atoms with E-state index in [4.69, 9.17) is 4.74 Å². The standard InChI is InChI=1S/C16H25N3O2.HI/c1-2-17-16(19-12-15-7-4-10-21-15)18-9-8-13-5-3-6-14(20)11-13;/h3,5-6,11,15,20H,2,4,7-10,12H2,1H3,(H2,17,18,19);1H. The van der Waals surface area contributed by atoms with E-state index in [0.29, 0.717) is 12.3 Å². The lowest BCUT2D eigenvalue weighted by Gasteiger charge is -2.13. The van der Waals surface area contributed by atoms with E-state index in [1.54, 1.807) is 12.1 Å². The van der Waals surface area contributed by atoms with Gasteiger partial charge in [-0.3, -0.25) is 4.99 Å². The van der Waals surface area contributed by atoms with Crippen LogP contribution >= 0.6 is 24.0 Å². The first kappa shape index (κ1) is 19.0. The molecule has 1 aromatic carbocycles. The Kier molecular flexibility index (Phi) is 9.22. The fourth-order valence-corrected chi connectivity index (χ4v) is 2.36. The minimum atomic E-state index is 0. The highest BCUT2D eigenvalue weighted by atomic mass is 127. The molecule has 1 saturated heterocycles. The number of hydrogen-bond donors (Lipinski definition) is 3. The van der Waals surface area contributed by atoms with Crippen molar-refractivity contribution in [3.8, 4) is 5.75 Å². The molecule has 0 saturated carbocycles. The molecule has 2 rings (SSSR count). The number of nitrogens with zero attached hydrogens (tertiary/aromatic N) is 1. The SMILES string of the molecule is CCNC(=NCC1CCCO1)NCCc1cccc(O)c1.I. The molecule has 1 heterocycles. The van der Waals surface area contributed by atoms with Crippen LogP contribution in [-0.2, 0) is 11.2 Å². The molecule has 0 spiro atoms. The summed E-state index contributed by atoms with van der Waals surface area (Å²) in [5.74, 6) is 1.14. The Morgan fingerprint density at radius 3 is 2.95 bits per heavy atom. The zero-order valence-electron chi connectivity index (χ0n) is 13.0. The van der Waals surface area contributed by atoms with Gasteiger partial charge in [0.2, 0.25) is 0 Å². The van der Waals surface area contributed by atoms with Crippen LogP contribution in [0.4, 0.5) is 0 Å². The van der Waals surface area contributed by atoms with Gasteiger partial charge in [-0.2, -0.15) is 0 Å². The minimum Gasteiger partial charge on any atom is -0.508 e. The van der Waals surface area contributed by atoms with Crippen molar-refractivity contribution in [1.82, 2.24) is 10.6 Å². The molecule has 0 aliphatic carbocycles. The largest absolute Gasteiger partial charge is 0.508 e. The third kappa shape index (κ3) is 6.83. The van der Waals surface area contributed by atoms with E-state index in [1.807, 2.05) is 12.1 Å². The van der Waals surface area contributed by atoms with Crippen LogP contribution in [0.3, 0.4) is 0 Å². The maximum atomic E-state index is 9.44. The molecule has 0 amide bonds. The number of aliphatic imine (C=N–C) groups is 1. The maximum absolute atomic E-state index is 9.44. The average molecular weight is 419 g/mol. The van der Waals surface area contributed by atoms with Crippen LogP contribution in [0.25, 0.3) is 0 Å². The molecule has 0 radical (unpaired) electrons. The molecule has 1 unspecified atom stereocenters. The van der Waals surface area contributed by atoms with E-state index < -0.39 is 0 Å². The van der Waals surface area contributed by atoms with Crippen LogP contribution in [0.2, 0.25) is 0 Å². The summed E-state index contributed by atoms with van der Waals surface area (Å²) in [6.07, 6.45) is 3.36. The average Bonchev–Trinajstić information content (AvgIpc) is 2.98. The number of guanidine groups is 1. The van der Waals surface area contributed by atoms with Crippen LogP contribution in [0.15, 0.2) is 29.3 Å². The van der Waals surface area contributed by atoms with Gasteiger partial charge in [0.25, 0.3) is 0 Å². The van der Waals surface area contributed by atoms with Gasteiger partial charge in [-0.15, -0.1) is 24.0 Å². The number of benzene rings is 1. The van der Waals surface area contributed by atoms with E-state index >= 15 is 0 Å². The van der Waals surface area contributed by atoms with Crippen LogP contribution in [0.1, 0.15) is 25.3 Å². The monoisotopic (exact) mass is 419 g/mol. The van der Waals surface area contributed by atoms with Crippen molar-refractivity contribution >= 4 is 29.9 Å². The van der Waals surface area contributed by atoms with Gasteiger partial charge < -0.3 is 20.5 Å². The van der Waals surface area contributed by atoms with Crippen molar-refractivity contribution < 1.29 is 9.84 Å². The zero-order chi connectivity index (χ0) is 14.9. The smallest absolute Gasteiger partial charge is 0.191 e. The number of hydrogen-bond acceptors (Lipinski definition) is 3. The van der Waals surface area contributed by atoms with Gasteiger partial charge in [0.1, 0.15) is 5.75 Å². The molecule has 3 N–H and O–H groups in total. The second-order valence-electron chi connectivity index (χ2n) is 5.20. The Bertz CT molecular complexity index is 462. The Morgan fingerprint density at radius 2 is 2.27 bits per heavy atom. The maximum Gasteiger partial charge on any atom is 0.191 e. The number of rotatable bonds is 6. The number of ether oxygens (including phenoxy) is 1. The second kappa shape index (κ2) is 10.7. The van der Waals surface area contributed by atoms with Crippen molar-refractivity contribution in [2.45, 2.75) is 32.3 Å². The van der Waals surface area contributed by atoms with Gasteiger partial charge in [-0.05, 0) is 43.9 Å². The number of phenolic OH excluding ortho intramolecular Hbond substituents is 1. The molecule has 1 atom stereocenters. The summed E-state index contributed by atoms with van der Waals surface area (Å²) >= 11 is 0. The molecule has 1 fully saturated rings. The first-order valence-corrected chi connectivity index (χ1v) is 7.69. The lowest BCUT2D eigenvalue weighted by atomic mass is 10.1. The lowest BCUT2D eigenvalue weighted by molar-refractivity contribution is 0.117. The van der Waals surface area contributed by atoms with Crippen LogP contribution in [-0.4, -0.2) is 43.4 Å². The first-order chi connectivity index (χ1) is 10.3. The van der Waals surface area contributed by atoms with Gasteiger partial charge in [0.05, 0.1) is 12.6 Å². The van der Waals surface area contributed by atoms with Crippen LogP contribution < -0.4 is 10.6 Å². The summed E-state index contributed by atoms with van der Waals surface area (Å²) in [7, 11) is 0. The number of halogens is 1. The summed E-state index contributed by atoms with van der Waals surface area (Å²) in [5, 5.41) is 16.0. The van der Waals surface area contributed by atoms with E-state index in [1.165, 1.54) is 0 Å². The Morgan fingerprint density at radius 1 is 1.41 bits per heavy atom. The third-order valence-electron chi connectivity index (χ3n) is 3.44. The van der Waals surface area contributed by atoms with Crippen molar-refractivity contribution in [2.24, 2.45) is 4.99 Å². The molecule has 1 aromatic rings. The van der Waals surface area contributed by atoms with E-state index in [-0.39, 0.29) is 30.1 Å². The summed E-state index contributed by atoms with van der Waals surface area (Å²) in [5.41, 5.74) is 1.11. The van der Waals surface area contributed by atoms with Gasteiger partial charge >= 0.3 is 0 Å². The molecule has 1 aliphatic rings. The predicted octanol–water partition coefficient (Wildman–Crippen LogP) is 2.29. The number of nitrogens with one attached hydrogen (secondary N) is 2. The first-order valence-electron chi connectivity index (χ1n) is 7.69. The van der Waals surface area contributed by atoms with Crippen molar-refractivity contribution in [1.29, 1.82) is 0 Å². The molecule has 124 valence electrons. The van der Waals surface area contributed by atoms with Crippen molar-refractivity contribution in [3.63, 3.8) is 0 Å². The summed E-state index contributed by atoms with van der Waals surface area (Å²) in [6, 6.07) is 7.35. The Labute approximate surface area is 149 Å². The van der Waals surface area contributed by atoms with E-state index in [9.17, 15) is 5.11 Å². The highest BCUT2D eigenvalue weighted by Gasteiger charge is 2.14. The Hall–Kier alpha value is -1.02. The highest BCUT2D eigenvalue weighted by molar-refractivity contribution is 14.0. The molecule has 6 heteroatoms. The molecule has 1 aliphatic heterocycles. The van der Waals surface area contributed by atoms with Crippen LogP contribution in [0, 0.1) is 0 Å². The molecular formula is C16H26IN3O2. The van der Waals surface area contributed by atoms with Crippen LogP contribution in [0.5, 0.6) is 5.75 Å². The number of phenols is 1. The molecule has 0 bridgehead atoms. The molecule has 22 heavy (non-hydrogen) atoms. The molecule has 0 aromatic heterocycles. The zero-order valence-corrected chi connectivity index (χ0v) is 15.4. The van der Waals surface area contributed by atoms with Crippen molar-refractivity contribution in [3.05, 3.63) is 29.8 Å². The fourth-order valence-electron chi connectivity index (χ4n) is 2.36. The van der Waals surface area contributed by atoms with Gasteiger partial charge in [-0.25, -0.2) is 0 Å². The highest BCUT2D eigenvalue weighted by Crippen LogP contribution is 2.12. The van der Waals surface area contributed by atoms with Crippen molar-refractivity contribution in [2.75, 3.05) is 26.2 Å². The molecule has 5 nitrogen and oxygen atoms in total. The molecular weight excluding hydrogens is 393 g/mol. The summed E-state index contributed by atoms with van der Waals surface area (Å²) in [4.78, 5) is 4.56. The van der Waals surface area contributed by atoms with Gasteiger partial charge in [0, 0.05) is 19.7 Å². The second-order valence-corrected chi connectivity index (χ2v) is 5.20. The third-order valence-corrected chi connectivity index (χ3v) is 3.44. The van der Waals surface area contributed by atoms with Gasteiger partial charge in [-0.1, -0.05) is 12.1 Å². The normalized spacial score (nSPS) is 17.9. The predicted molar refractivity (Wildman–Crippen MR) is 100 cm³/mol. The van der Waals surface area contributed by atoms with Gasteiger partial charge in [0.15, 0.2) is 5.96 Å².